The molecule has 0 radical (unpaired) electrons. The van der Waals surface area contributed by atoms with Crippen LogP contribution in [0.3, 0.4) is 0 Å². The van der Waals surface area contributed by atoms with Gasteiger partial charge >= 0.3 is 5.97 Å². The van der Waals surface area contributed by atoms with Gasteiger partial charge in [-0.2, -0.15) is 0 Å². The molecule has 3 rings (SSSR count). The number of nitrogens with zero attached hydrogens (tertiary/aromatic N) is 1. The average Bonchev–Trinajstić information content (AvgIpc) is 3.14. The number of carbonyl (C=O) groups is 3. The van der Waals surface area contributed by atoms with Crippen LogP contribution in [0.2, 0.25) is 0 Å². The highest BCUT2D eigenvalue weighted by molar-refractivity contribution is 5.98. The van der Waals surface area contributed by atoms with Crippen LogP contribution in [0.5, 0.6) is 0 Å². The molecule has 1 heterocycles. The van der Waals surface area contributed by atoms with Gasteiger partial charge in [0.2, 0.25) is 0 Å². The van der Waals surface area contributed by atoms with Crippen LogP contribution in [-0.2, 0) is 20.7 Å². The maximum absolute atomic E-state index is 12.6. The number of ketones is 1. The first-order valence-electron chi connectivity index (χ1n) is 9.48. The van der Waals surface area contributed by atoms with E-state index in [9.17, 15) is 14.4 Å². The topological polar surface area (TPSA) is 98.5 Å². The molecule has 1 aromatic heterocycles. The molecule has 1 amide bonds. The number of carbonyl (C=O) groups excluding carboxylic acids is 3. The van der Waals surface area contributed by atoms with Gasteiger partial charge < -0.3 is 14.6 Å². The van der Waals surface area contributed by atoms with Gasteiger partial charge in [-0.05, 0) is 25.8 Å². The molecule has 154 valence electrons. The lowest BCUT2D eigenvalue weighted by Gasteiger charge is -2.16. The van der Waals surface area contributed by atoms with Crippen molar-refractivity contribution in [1.82, 2.24) is 10.5 Å². The van der Waals surface area contributed by atoms with E-state index in [1.807, 2.05) is 48.5 Å². The molecule has 0 saturated heterocycles. The number of Topliss-reactive ketones (excluding diaryl/α,β-unsaturated/α-hetero) is 1. The summed E-state index contributed by atoms with van der Waals surface area (Å²) in [7, 11) is 0. The molecule has 0 bridgehead atoms. The number of rotatable bonds is 8. The van der Waals surface area contributed by atoms with Crippen LogP contribution in [0.1, 0.15) is 28.6 Å². The van der Waals surface area contributed by atoms with E-state index in [2.05, 4.69) is 10.5 Å². The Kier molecular flexibility index (Phi) is 6.75. The molecule has 7 nitrogen and oxygen atoms in total. The fourth-order valence-corrected chi connectivity index (χ4v) is 2.99. The zero-order valence-electron chi connectivity index (χ0n) is 16.8. The minimum absolute atomic E-state index is 0.168. The van der Waals surface area contributed by atoms with Crippen molar-refractivity contribution in [3.05, 3.63) is 77.6 Å². The summed E-state index contributed by atoms with van der Waals surface area (Å²) in [6, 6.07) is 17.7. The van der Waals surface area contributed by atoms with Crippen LogP contribution in [-0.4, -0.2) is 35.5 Å². The predicted molar refractivity (Wildman–Crippen MR) is 110 cm³/mol. The van der Waals surface area contributed by atoms with Gasteiger partial charge in [0.15, 0.2) is 12.4 Å². The van der Waals surface area contributed by atoms with Crippen LogP contribution >= 0.6 is 0 Å². The van der Waals surface area contributed by atoms with Crippen LogP contribution in [0.4, 0.5) is 0 Å². The van der Waals surface area contributed by atoms with Crippen LogP contribution < -0.4 is 5.32 Å². The van der Waals surface area contributed by atoms with Crippen molar-refractivity contribution in [3.63, 3.8) is 0 Å². The first-order chi connectivity index (χ1) is 14.5. The Morgan fingerprint density at radius 3 is 2.30 bits per heavy atom. The number of aryl methyl sites for hydroxylation is 1. The van der Waals surface area contributed by atoms with E-state index in [1.165, 1.54) is 6.92 Å². The van der Waals surface area contributed by atoms with Crippen LogP contribution in [0.25, 0.3) is 11.3 Å². The number of nitrogens with one attached hydrogen (secondary N) is 1. The molecule has 0 aliphatic heterocycles. The summed E-state index contributed by atoms with van der Waals surface area (Å²) >= 11 is 0. The summed E-state index contributed by atoms with van der Waals surface area (Å²) in [5, 5.41) is 6.55. The number of hydrogen-bond donors (Lipinski definition) is 1. The summed E-state index contributed by atoms with van der Waals surface area (Å²) in [5.74, 6) is -1.16. The van der Waals surface area contributed by atoms with E-state index < -0.39 is 24.5 Å². The number of aromatic nitrogens is 1. The Balaban J connectivity index is 1.63. The summed E-state index contributed by atoms with van der Waals surface area (Å²) in [6.45, 7) is 2.49. The zero-order valence-corrected chi connectivity index (χ0v) is 16.8. The lowest BCUT2D eigenvalue weighted by atomic mass is 10.0. The highest BCUT2D eigenvalue weighted by atomic mass is 16.5. The van der Waals surface area contributed by atoms with E-state index >= 15 is 0 Å². The molecule has 0 saturated carbocycles. The molecular weight excluding hydrogens is 384 g/mol. The normalized spacial score (nSPS) is 11.5. The number of benzene rings is 2. The van der Waals surface area contributed by atoms with Gasteiger partial charge in [0.25, 0.3) is 5.91 Å². The molecule has 3 aromatic rings. The fourth-order valence-electron chi connectivity index (χ4n) is 2.99. The summed E-state index contributed by atoms with van der Waals surface area (Å²) in [6.07, 6.45) is 0.360. The minimum atomic E-state index is -0.717. The molecule has 1 unspecified atom stereocenters. The number of esters is 1. The molecule has 0 spiro atoms. The quantitative estimate of drug-likeness (QED) is 0.577. The van der Waals surface area contributed by atoms with Crippen molar-refractivity contribution in [1.29, 1.82) is 0 Å². The molecule has 7 heteroatoms. The lowest BCUT2D eigenvalue weighted by molar-refractivity contribution is -0.128. The Hall–Kier alpha value is -3.74. The van der Waals surface area contributed by atoms with Crippen LogP contribution in [0, 0.1) is 6.92 Å². The van der Waals surface area contributed by atoms with Gasteiger partial charge in [-0.3, -0.25) is 9.59 Å². The molecule has 30 heavy (non-hydrogen) atoms. The first-order valence-corrected chi connectivity index (χ1v) is 9.48. The van der Waals surface area contributed by atoms with Gasteiger partial charge in [-0.1, -0.05) is 65.8 Å². The second kappa shape index (κ2) is 9.65. The van der Waals surface area contributed by atoms with Gasteiger partial charge in [-0.25, -0.2) is 4.79 Å². The van der Waals surface area contributed by atoms with Crippen molar-refractivity contribution < 1.29 is 23.6 Å². The molecule has 2 aromatic carbocycles. The maximum atomic E-state index is 12.6. The van der Waals surface area contributed by atoms with Crippen molar-refractivity contribution in [3.8, 4) is 11.3 Å². The summed E-state index contributed by atoms with van der Waals surface area (Å²) < 4.78 is 10.3. The van der Waals surface area contributed by atoms with Crippen LogP contribution in [0.15, 0.2) is 65.2 Å². The van der Waals surface area contributed by atoms with E-state index in [0.29, 0.717) is 23.4 Å². The second-order valence-corrected chi connectivity index (χ2v) is 6.82. The van der Waals surface area contributed by atoms with Gasteiger partial charge in [0, 0.05) is 5.56 Å². The highest BCUT2D eigenvalue weighted by Gasteiger charge is 2.24. The van der Waals surface area contributed by atoms with Gasteiger partial charge in [0.05, 0.1) is 6.04 Å². The molecule has 1 N–H and O–H groups in total. The standard InChI is InChI=1S/C23H22N2O5/c1-15(26)19(13-17-9-5-3-6-10-17)24-20(27)14-29-23(28)21-16(2)30-25-22(21)18-11-7-4-8-12-18/h3-12,19H,13-14H2,1-2H3,(H,24,27). The zero-order chi connectivity index (χ0) is 21.5. The number of hydrogen-bond acceptors (Lipinski definition) is 6. The molecule has 0 aliphatic carbocycles. The Morgan fingerprint density at radius 1 is 1.03 bits per heavy atom. The van der Waals surface area contributed by atoms with Crippen molar-refractivity contribution in [2.24, 2.45) is 0 Å². The third-order valence-electron chi connectivity index (χ3n) is 4.56. The first kappa shape index (κ1) is 21.0. The van der Waals surface area contributed by atoms with E-state index in [1.54, 1.807) is 19.1 Å². The third kappa shape index (κ3) is 5.20. The highest BCUT2D eigenvalue weighted by Crippen LogP contribution is 2.25. The third-order valence-corrected chi connectivity index (χ3v) is 4.56. The minimum Gasteiger partial charge on any atom is -0.452 e. The molecular formula is C23H22N2O5. The van der Waals surface area contributed by atoms with Crippen molar-refractivity contribution in [2.45, 2.75) is 26.3 Å². The number of amides is 1. The summed E-state index contributed by atoms with van der Waals surface area (Å²) in [5.41, 5.74) is 2.14. The second-order valence-electron chi connectivity index (χ2n) is 6.82. The average molecular weight is 406 g/mol. The molecule has 1 atom stereocenters. The van der Waals surface area contributed by atoms with Gasteiger partial charge in [0.1, 0.15) is 17.0 Å². The van der Waals surface area contributed by atoms with E-state index in [-0.39, 0.29) is 11.3 Å². The van der Waals surface area contributed by atoms with Crippen molar-refractivity contribution in [2.75, 3.05) is 6.61 Å². The number of ether oxygens (including phenoxy) is 1. The van der Waals surface area contributed by atoms with E-state index in [4.69, 9.17) is 9.26 Å². The molecule has 0 fully saturated rings. The maximum Gasteiger partial charge on any atom is 0.344 e. The van der Waals surface area contributed by atoms with E-state index in [0.717, 1.165) is 5.56 Å². The Bertz CT molecular complexity index is 1030. The summed E-state index contributed by atoms with van der Waals surface area (Å²) in [4.78, 5) is 36.8. The SMILES string of the molecule is CC(=O)C(Cc1ccccc1)NC(=O)COC(=O)c1c(-c2ccccc2)noc1C. The molecule has 0 aliphatic rings. The predicted octanol–water partition coefficient (Wildman–Crippen LogP) is 3.12. The Labute approximate surface area is 174 Å². The monoisotopic (exact) mass is 406 g/mol. The largest absolute Gasteiger partial charge is 0.452 e. The van der Waals surface area contributed by atoms with Crippen molar-refractivity contribution >= 4 is 17.7 Å². The van der Waals surface area contributed by atoms with Gasteiger partial charge in [-0.15, -0.1) is 0 Å². The Morgan fingerprint density at radius 2 is 1.67 bits per heavy atom. The lowest BCUT2D eigenvalue weighted by Crippen LogP contribution is -2.43. The smallest absolute Gasteiger partial charge is 0.344 e. The fraction of sp³-hybridized carbons (Fsp3) is 0.217.